The molecule has 0 spiro atoms. The largest absolute Gasteiger partial charge is 0.363 e. The van der Waals surface area contributed by atoms with Gasteiger partial charge >= 0.3 is 0 Å². The van der Waals surface area contributed by atoms with Crippen LogP contribution in [0.4, 0.5) is 0 Å². The lowest BCUT2D eigenvalue weighted by Crippen LogP contribution is -2.59. The molecule has 114 valence electrons. The predicted molar refractivity (Wildman–Crippen MR) is 77.6 cm³/mol. The molecule has 3 aliphatic heterocycles. The highest BCUT2D eigenvalue weighted by atomic mass is 16.5. The summed E-state index contributed by atoms with van der Waals surface area (Å²) in [6.45, 7) is 8.25. The molecule has 0 aromatic carbocycles. The van der Waals surface area contributed by atoms with Crippen molar-refractivity contribution >= 4 is 5.91 Å². The lowest BCUT2D eigenvalue weighted by molar-refractivity contribution is -0.145. The lowest BCUT2D eigenvalue weighted by atomic mass is 10.0. The van der Waals surface area contributed by atoms with Crippen LogP contribution in [0.1, 0.15) is 32.6 Å². The first-order valence-electron chi connectivity index (χ1n) is 8.03. The first-order valence-corrected chi connectivity index (χ1v) is 8.03. The summed E-state index contributed by atoms with van der Waals surface area (Å²) in [5.41, 5.74) is -0.123. The number of carbonyl (C=O) groups excluding carboxylic acids is 1. The number of likely N-dealkylation sites (tertiary alicyclic amines) is 2. The molecule has 0 bridgehead atoms. The van der Waals surface area contributed by atoms with Gasteiger partial charge in [-0.2, -0.15) is 0 Å². The third-order valence-corrected chi connectivity index (χ3v) is 4.97. The first kappa shape index (κ1) is 14.3. The van der Waals surface area contributed by atoms with Crippen molar-refractivity contribution in [3.63, 3.8) is 0 Å². The number of nitrogens with one attached hydrogen (secondary N) is 1. The number of rotatable bonds is 4. The standard InChI is InChI=1S/C15H27N3O2/c1-15(11-16-12-15)20-10-14(19)18-8-5-13(9-18)17-6-3-2-4-7-17/h13,16H,2-12H2,1H3. The van der Waals surface area contributed by atoms with Crippen molar-refractivity contribution in [2.24, 2.45) is 0 Å². The van der Waals surface area contributed by atoms with E-state index >= 15 is 0 Å². The number of piperidine rings is 1. The predicted octanol–water partition coefficient (Wildman–Crippen LogP) is 0.452. The van der Waals surface area contributed by atoms with Crippen molar-refractivity contribution in [3.05, 3.63) is 0 Å². The number of hydrogen-bond acceptors (Lipinski definition) is 4. The van der Waals surface area contributed by atoms with Gasteiger partial charge in [0.15, 0.2) is 0 Å². The zero-order valence-corrected chi connectivity index (χ0v) is 12.6. The van der Waals surface area contributed by atoms with E-state index in [-0.39, 0.29) is 18.1 Å². The second-order valence-electron chi connectivity index (χ2n) is 6.72. The Balaban J connectivity index is 1.43. The maximum absolute atomic E-state index is 12.2. The first-order chi connectivity index (χ1) is 9.66. The monoisotopic (exact) mass is 281 g/mol. The van der Waals surface area contributed by atoms with Crippen molar-refractivity contribution in [1.82, 2.24) is 15.1 Å². The van der Waals surface area contributed by atoms with Gasteiger partial charge in [0.1, 0.15) is 6.61 Å². The Labute approximate surface area is 121 Å². The molecule has 1 amide bonds. The molecule has 20 heavy (non-hydrogen) atoms. The Morgan fingerprint density at radius 1 is 1.25 bits per heavy atom. The number of amides is 1. The zero-order chi connectivity index (χ0) is 14.0. The van der Waals surface area contributed by atoms with Gasteiger partial charge in [-0.05, 0) is 39.3 Å². The molecule has 1 atom stereocenters. The number of nitrogens with zero attached hydrogens (tertiary/aromatic N) is 2. The second kappa shape index (κ2) is 6.00. The number of ether oxygens (including phenoxy) is 1. The summed E-state index contributed by atoms with van der Waals surface area (Å²) in [7, 11) is 0. The molecule has 3 heterocycles. The Morgan fingerprint density at radius 3 is 2.65 bits per heavy atom. The highest BCUT2D eigenvalue weighted by Gasteiger charge is 2.35. The van der Waals surface area contributed by atoms with Crippen LogP contribution in [0.15, 0.2) is 0 Å². The summed E-state index contributed by atoms with van der Waals surface area (Å²) in [5, 5.41) is 3.19. The van der Waals surface area contributed by atoms with Crippen LogP contribution in [-0.2, 0) is 9.53 Å². The molecule has 0 aromatic rings. The summed E-state index contributed by atoms with van der Waals surface area (Å²) in [6.07, 6.45) is 5.13. The minimum Gasteiger partial charge on any atom is -0.363 e. The maximum atomic E-state index is 12.2. The average Bonchev–Trinajstić information content (AvgIpc) is 2.93. The Bertz CT molecular complexity index is 351. The van der Waals surface area contributed by atoms with Gasteiger partial charge in [-0.1, -0.05) is 6.42 Å². The van der Waals surface area contributed by atoms with Gasteiger partial charge < -0.3 is 15.0 Å². The van der Waals surface area contributed by atoms with Crippen LogP contribution in [0.5, 0.6) is 0 Å². The van der Waals surface area contributed by atoms with E-state index in [2.05, 4.69) is 17.1 Å². The normalized spacial score (nSPS) is 30.2. The van der Waals surface area contributed by atoms with E-state index in [1.807, 2.05) is 4.90 Å². The van der Waals surface area contributed by atoms with E-state index in [0.717, 1.165) is 32.6 Å². The topological polar surface area (TPSA) is 44.8 Å². The molecule has 1 N–H and O–H groups in total. The fraction of sp³-hybridized carbons (Fsp3) is 0.933. The van der Waals surface area contributed by atoms with Crippen molar-refractivity contribution in [3.8, 4) is 0 Å². The highest BCUT2D eigenvalue weighted by Crippen LogP contribution is 2.21. The smallest absolute Gasteiger partial charge is 0.248 e. The Morgan fingerprint density at radius 2 is 2.00 bits per heavy atom. The van der Waals surface area contributed by atoms with E-state index in [0.29, 0.717) is 6.04 Å². The van der Waals surface area contributed by atoms with Crippen LogP contribution in [0.3, 0.4) is 0 Å². The summed E-state index contributed by atoms with van der Waals surface area (Å²) >= 11 is 0. The van der Waals surface area contributed by atoms with E-state index in [1.165, 1.54) is 32.4 Å². The zero-order valence-electron chi connectivity index (χ0n) is 12.6. The average molecular weight is 281 g/mol. The molecule has 3 aliphatic rings. The van der Waals surface area contributed by atoms with Gasteiger partial charge in [0.2, 0.25) is 5.91 Å². The molecule has 3 rings (SSSR count). The quantitative estimate of drug-likeness (QED) is 0.813. The third kappa shape index (κ3) is 3.15. The third-order valence-electron chi connectivity index (χ3n) is 4.97. The van der Waals surface area contributed by atoms with Gasteiger partial charge in [-0.3, -0.25) is 9.69 Å². The van der Waals surface area contributed by atoms with Crippen LogP contribution in [0.25, 0.3) is 0 Å². The van der Waals surface area contributed by atoms with Gasteiger partial charge in [0.05, 0.1) is 5.60 Å². The van der Waals surface area contributed by atoms with Crippen LogP contribution >= 0.6 is 0 Å². The molecule has 0 radical (unpaired) electrons. The summed E-state index contributed by atoms with van der Waals surface area (Å²) < 4.78 is 5.75. The minimum atomic E-state index is -0.123. The molecule has 0 aromatic heterocycles. The molecule has 5 heteroatoms. The van der Waals surface area contributed by atoms with E-state index in [4.69, 9.17) is 4.74 Å². The molecular weight excluding hydrogens is 254 g/mol. The van der Waals surface area contributed by atoms with Crippen LogP contribution in [0.2, 0.25) is 0 Å². The summed E-state index contributed by atoms with van der Waals surface area (Å²) in [4.78, 5) is 16.8. The SMILES string of the molecule is CC1(OCC(=O)N2CCC(N3CCCCC3)C2)CNC1. The van der Waals surface area contributed by atoms with E-state index in [9.17, 15) is 4.79 Å². The van der Waals surface area contributed by atoms with Gasteiger partial charge in [-0.25, -0.2) is 0 Å². The van der Waals surface area contributed by atoms with Crippen molar-refractivity contribution in [2.45, 2.75) is 44.2 Å². The molecule has 1 unspecified atom stereocenters. The maximum Gasteiger partial charge on any atom is 0.248 e. The molecule has 0 saturated carbocycles. The molecule has 3 saturated heterocycles. The van der Waals surface area contributed by atoms with Crippen LogP contribution in [-0.4, -0.2) is 73.2 Å². The van der Waals surface area contributed by atoms with Crippen molar-refractivity contribution in [2.75, 3.05) is 45.9 Å². The van der Waals surface area contributed by atoms with E-state index in [1.54, 1.807) is 0 Å². The van der Waals surface area contributed by atoms with Gasteiger partial charge in [0.25, 0.3) is 0 Å². The van der Waals surface area contributed by atoms with Crippen molar-refractivity contribution < 1.29 is 9.53 Å². The summed E-state index contributed by atoms with van der Waals surface area (Å²) in [6, 6.07) is 0.584. The molecule has 0 aliphatic carbocycles. The van der Waals surface area contributed by atoms with Crippen LogP contribution in [0, 0.1) is 0 Å². The number of hydrogen-bond donors (Lipinski definition) is 1. The molecular formula is C15H27N3O2. The second-order valence-corrected chi connectivity index (χ2v) is 6.72. The molecule has 5 nitrogen and oxygen atoms in total. The Hall–Kier alpha value is -0.650. The van der Waals surface area contributed by atoms with Crippen LogP contribution < -0.4 is 5.32 Å². The fourth-order valence-corrected chi connectivity index (χ4v) is 3.46. The van der Waals surface area contributed by atoms with E-state index < -0.39 is 0 Å². The van der Waals surface area contributed by atoms with Gasteiger partial charge in [0, 0.05) is 32.2 Å². The minimum absolute atomic E-state index is 0.123. The van der Waals surface area contributed by atoms with Crippen molar-refractivity contribution in [1.29, 1.82) is 0 Å². The van der Waals surface area contributed by atoms with Gasteiger partial charge in [-0.15, -0.1) is 0 Å². The fourth-order valence-electron chi connectivity index (χ4n) is 3.46. The number of carbonyl (C=O) groups is 1. The highest BCUT2D eigenvalue weighted by molar-refractivity contribution is 5.77. The lowest BCUT2D eigenvalue weighted by Gasteiger charge is -2.39. The Kier molecular flexibility index (Phi) is 4.29. The summed E-state index contributed by atoms with van der Waals surface area (Å²) in [5.74, 6) is 0.164. The molecule has 3 fully saturated rings.